The second kappa shape index (κ2) is 6.08. The summed E-state index contributed by atoms with van der Waals surface area (Å²) in [5, 5.41) is 5.34. The lowest BCUT2D eigenvalue weighted by Gasteiger charge is -2.14. The van der Waals surface area contributed by atoms with E-state index in [9.17, 15) is 0 Å². The summed E-state index contributed by atoms with van der Waals surface area (Å²) in [7, 11) is -0.988. The van der Waals surface area contributed by atoms with Crippen LogP contribution in [0.3, 0.4) is 0 Å². The van der Waals surface area contributed by atoms with Gasteiger partial charge in [0.15, 0.2) is 0 Å². The van der Waals surface area contributed by atoms with Gasteiger partial charge in [0, 0.05) is 0 Å². The third-order valence-electron chi connectivity index (χ3n) is 3.39. The molecule has 2 heteroatoms. The summed E-state index contributed by atoms with van der Waals surface area (Å²) in [4.78, 5) is 0. The first-order valence-electron chi connectivity index (χ1n) is 6.57. The molecule has 3 aromatic rings. The van der Waals surface area contributed by atoms with Crippen molar-refractivity contribution in [3.63, 3.8) is 0 Å². The van der Waals surface area contributed by atoms with Crippen molar-refractivity contribution in [2.45, 2.75) is 0 Å². The molecule has 97 valence electrons. The minimum atomic E-state index is -0.988. The van der Waals surface area contributed by atoms with Gasteiger partial charge in [-0.05, 0) is 21.5 Å². The van der Waals surface area contributed by atoms with Gasteiger partial charge in [-0.2, -0.15) is 0 Å². The molecule has 0 aromatic heterocycles. The van der Waals surface area contributed by atoms with E-state index >= 15 is 0 Å². The molecule has 0 fully saturated rings. The van der Waals surface area contributed by atoms with E-state index in [0.29, 0.717) is 0 Å². The van der Waals surface area contributed by atoms with Crippen LogP contribution in [0, 0.1) is 0 Å². The monoisotopic (exact) mass is 293 g/mol. The quantitative estimate of drug-likeness (QED) is 0.645. The maximum absolute atomic E-state index is 5.89. The van der Waals surface area contributed by atoms with Crippen molar-refractivity contribution in [2.24, 2.45) is 0 Å². The lowest BCUT2D eigenvalue weighted by Crippen LogP contribution is -2.40. The van der Waals surface area contributed by atoms with Gasteiger partial charge < -0.3 is 0 Å². The second-order valence-electron chi connectivity index (χ2n) is 4.60. The number of hydrogen-bond donors (Lipinski definition) is 0. The first kappa shape index (κ1) is 13.2. The second-order valence-corrected chi connectivity index (χ2v) is 7.13. The van der Waals surface area contributed by atoms with Crippen molar-refractivity contribution in [3.05, 3.63) is 84.0 Å². The number of halogens is 1. The standard InChI is InChI=1S/C18H14ClSi/c19-13-14-20(16-9-2-1-3-10-16)18-12-6-8-15-7-4-5-11-17(15)18/h1-14H. The fourth-order valence-corrected chi connectivity index (χ4v) is 5.01. The predicted molar refractivity (Wildman–Crippen MR) is 90.4 cm³/mol. The van der Waals surface area contributed by atoms with Crippen molar-refractivity contribution in [1.82, 2.24) is 0 Å². The molecule has 20 heavy (non-hydrogen) atoms. The van der Waals surface area contributed by atoms with E-state index < -0.39 is 8.80 Å². The maximum Gasteiger partial charge on any atom is 0.148 e. The predicted octanol–water partition coefficient (Wildman–Crippen LogP) is 3.74. The van der Waals surface area contributed by atoms with Crippen LogP contribution >= 0.6 is 11.6 Å². The zero-order valence-electron chi connectivity index (χ0n) is 11.0. The normalized spacial score (nSPS) is 11.5. The first-order valence-corrected chi connectivity index (χ1v) is 8.59. The summed E-state index contributed by atoms with van der Waals surface area (Å²) in [6, 6.07) is 25.7. The van der Waals surface area contributed by atoms with E-state index in [1.807, 2.05) is 0 Å². The highest BCUT2D eigenvalue weighted by Crippen LogP contribution is 2.12. The van der Waals surface area contributed by atoms with Crippen molar-refractivity contribution in [1.29, 1.82) is 0 Å². The Morgan fingerprint density at radius 3 is 2.25 bits per heavy atom. The zero-order chi connectivity index (χ0) is 13.8. The third kappa shape index (κ3) is 2.55. The Bertz CT molecular complexity index is 729. The summed E-state index contributed by atoms with van der Waals surface area (Å²) in [5.74, 6) is 0. The molecule has 0 aliphatic rings. The van der Waals surface area contributed by atoms with Crippen molar-refractivity contribution in [2.75, 3.05) is 0 Å². The fraction of sp³-hybridized carbons (Fsp3) is 0. The summed E-state index contributed by atoms with van der Waals surface area (Å²) in [5.41, 5.74) is 3.80. The SMILES string of the molecule is ClC=C[Si](c1ccccc1)c1cccc2ccccc12. The number of fused-ring (bicyclic) bond motifs is 1. The van der Waals surface area contributed by atoms with Crippen LogP contribution in [-0.4, -0.2) is 8.80 Å². The molecule has 0 bridgehead atoms. The van der Waals surface area contributed by atoms with Gasteiger partial charge in [0.2, 0.25) is 0 Å². The van der Waals surface area contributed by atoms with E-state index in [-0.39, 0.29) is 0 Å². The molecule has 0 spiro atoms. The van der Waals surface area contributed by atoms with E-state index in [2.05, 4.69) is 78.5 Å². The largest absolute Gasteiger partial charge is 0.148 e. The molecule has 3 rings (SSSR count). The molecule has 0 nitrogen and oxygen atoms in total. The number of rotatable bonds is 3. The molecule has 1 radical (unpaired) electrons. The van der Waals surface area contributed by atoms with Crippen LogP contribution in [0.1, 0.15) is 0 Å². The van der Waals surface area contributed by atoms with Gasteiger partial charge >= 0.3 is 0 Å². The van der Waals surface area contributed by atoms with E-state index in [4.69, 9.17) is 11.6 Å². The Kier molecular flexibility index (Phi) is 4.00. The zero-order valence-corrected chi connectivity index (χ0v) is 12.7. The Balaban J connectivity index is 2.20. The third-order valence-corrected chi connectivity index (χ3v) is 6.20. The smallest absolute Gasteiger partial charge is 0.0937 e. The summed E-state index contributed by atoms with van der Waals surface area (Å²) in [6.45, 7) is 0. The molecule has 0 saturated heterocycles. The highest BCUT2D eigenvalue weighted by Gasteiger charge is 2.15. The Morgan fingerprint density at radius 2 is 1.45 bits per heavy atom. The molecule has 0 aliphatic heterocycles. The van der Waals surface area contributed by atoms with Gasteiger partial charge in [-0.3, -0.25) is 0 Å². The average molecular weight is 294 g/mol. The van der Waals surface area contributed by atoms with E-state index in [0.717, 1.165) is 0 Å². The molecule has 0 atom stereocenters. The van der Waals surface area contributed by atoms with Crippen LogP contribution in [0.25, 0.3) is 10.8 Å². The average Bonchev–Trinajstić information content (AvgIpc) is 2.53. The van der Waals surface area contributed by atoms with Gasteiger partial charge in [0.05, 0.1) is 0 Å². The Morgan fingerprint density at radius 1 is 0.750 bits per heavy atom. The maximum atomic E-state index is 5.89. The van der Waals surface area contributed by atoms with Gasteiger partial charge in [-0.25, -0.2) is 0 Å². The topological polar surface area (TPSA) is 0 Å². The van der Waals surface area contributed by atoms with Gasteiger partial charge in [-0.1, -0.05) is 95.3 Å². The molecule has 0 unspecified atom stereocenters. The fourth-order valence-electron chi connectivity index (χ4n) is 2.48. The summed E-state index contributed by atoms with van der Waals surface area (Å²) < 4.78 is 0. The molecule has 0 saturated carbocycles. The van der Waals surface area contributed by atoms with Crippen LogP contribution in [0.4, 0.5) is 0 Å². The minimum Gasteiger partial charge on any atom is -0.0937 e. The molecule has 0 N–H and O–H groups in total. The van der Waals surface area contributed by atoms with Gasteiger partial charge in [0.25, 0.3) is 0 Å². The molecule has 0 heterocycles. The van der Waals surface area contributed by atoms with Crippen LogP contribution < -0.4 is 10.4 Å². The van der Waals surface area contributed by atoms with E-state index in [1.165, 1.54) is 21.1 Å². The van der Waals surface area contributed by atoms with Crippen LogP contribution in [0.5, 0.6) is 0 Å². The number of hydrogen-bond acceptors (Lipinski definition) is 0. The lowest BCUT2D eigenvalue weighted by atomic mass is 10.1. The van der Waals surface area contributed by atoms with Crippen molar-refractivity contribution >= 4 is 41.5 Å². The molecule has 0 aliphatic carbocycles. The minimum absolute atomic E-state index is 0.988. The van der Waals surface area contributed by atoms with Gasteiger partial charge in [-0.15, -0.1) is 0 Å². The van der Waals surface area contributed by atoms with Crippen LogP contribution in [0.15, 0.2) is 84.0 Å². The first-order chi connectivity index (χ1) is 9.90. The van der Waals surface area contributed by atoms with Crippen LogP contribution in [-0.2, 0) is 0 Å². The molecule has 0 amide bonds. The van der Waals surface area contributed by atoms with Gasteiger partial charge in [0.1, 0.15) is 8.80 Å². The Labute approximate surface area is 125 Å². The summed E-state index contributed by atoms with van der Waals surface area (Å²) >= 11 is 5.89. The van der Waals surface area contributed by atoms with Crippen molar-refractivity contribution in [3.8, 4) is 0 Å². The van der Waals surface area contributed by atoms with E-state index in [1.54, 1.807) is 5.54 Å². The lowest BCUT2D eigenvalue weighted by molar-refractivity contribution is 1.75. The molecular weight excluding hydrogens is 280 g/mol. The molecular formula is C18H14ClSi. The summed E-state index contributed by atoms with van der Waals surface area (Å²) in [6.07, 6.45) is 0. The van der Waals surface area contributed by atoms with Crippen molar-refractivity contribution < 1.29 is 0 Å². The highest BCUT2D eigenvalue weighted by molar-refractivity contribution is 6.91. The Hall–Kier alpha value is -1.83. The number of benzene rings is 3. The molecule has 3 aromatic carbocycles. The highest BCUT2D eigenvalue weighted by atomic mass is 35.5. The van der Waals surface area contributed by atoms with Crippen LogP contribution in [0.2, 0.25) is 0 Å².